The molecule has 0 aliphatic carbocycles. The third-order valence-corrected chi connectivity index (χ3v) is 5.34. The second kappa shape index (κ2) is 6.49. The molecular weight excluding hydrogens is 353 g/mol. The average molecular weight is 372 g/mol. The SMILES string of the molecule is CN1Cc2c(Cl)cc(Cl)cc2[C@H](c2cccc(-c3cn(C)cn3)c2)C1. The van der Waals surface area contributed by atoms with Crippen molar-refractivity contribution < 1.29 is 0 Å². The van der Waals surface area contributed by atoms with Crippen molar-refractivity contribution in [1.82, 2.24) is 14.5 Å². The van der Waals surface area contributed by atoms with Crippen molar-refractivity contribution >= 4 is 23.2 Å². The number of halogens is 2. The third kappa shape index (κ3) is 3.20. The van der Waals surface area contributed by atoms with Gasteiger partial charge in [-0.25, -0.2) is 4.98 Å². The van der Waals surface area contributed by atoms with Crippen molar-refractivity contribution in [1.29, 1.82) is 0 Å². The second-order valence-electron chi connectivity index (χ2n) is 6.75. The summed E-state index contributed by atoms with van der Waals surface area (Å²) in [6.45, 7) is 1.79. The van der Waals surface area contributed by atoms with E-state index in [1.165, 1.54) is 16.7 Å². The number of fused-ring (bicyclic) bond motifs is 1. The molecule has 128 valence electrons. The molecule has 5 heteroatoms. The van der Waals surface area contributed by atoms with Crippen LogP contribution in [0.15, 0.2) is 48.9 Å². The van der Waals surface area contributed by atoms with Crippen LogP contribution in [0.5, 0.6) is 0 Å². The number of nitrogens with zero attached hydrogens (tertiary/aromatic N) is 3. The summed E-state index contributed by atoms with van der Waals surface area (Å²) in [6.07, 6.45) is 3.86. The predicted octanol–water partition coefficient (Wildman–Crippen LogP) is 4.97. The summed E-state index contributed by atoms with van der Waals surface area (Å²) in [7, 11) is 4.11. The van der Waals surface area contributed by atoms with E-state index in [1.54, 1.807) is 0 Å². The lowest BCUT2D eigenvalue weighted by Crippen LogP contribution is -2.31. The van der Waals surface area contributed by atoms with Gasteiger partial charge in [0.05, 0.1) is 12.0 Å². The molecule has 25 heavy (non-hydrogen) atoms. The molecule has 1 atom stereocenters. The lowest BCUT2D eigenvalue weighted by molar-refractivity contribution is 0.295. The minimum Gasteiger partial charge on any atom is -0.340 e. The van der Waals surface area contributed by atoms with E-state index in [-0.39, 0.29) is 5.92 Å². The van der Waals surface area contributed by atoms with Gasteiger partial charge in [0.2, 0.25) is 0 Å². The largest absolute Gasteiger partial charge is 0.340 e. The Morgan fingerprint density at radius 3 is 2.72 bits per heavy atom. The van der Waals surface area contributed by atoms with Crippen LogP contribution in [0.25, 0.3) is 11.3 Å². The highest BCUT2D eigenvalue weighted by molar-refractivity contribution is 6.35. The molecule has 0 unspecified atom stereocenters. The number of hydrogen-bond donors (Lipinski definition) is 0. The van der Waals surface area contributed by atoms with Crippen LogP contribution >= 0.6 is 23.2 Å². The third-order valence-electron chi connectivity index (χ3n) is 4.78. The van der Waals surface area contributed by atoms with E-state index in [1.807, 2.05) is 30.2 Å². The van der Waals surface area contributed by atoms with Gasteiger partial charge < -0.3 is 9.47 Å². The molecule has 0 saturated carbocycles. The summed E-state index contributed by atoms with van der Waals surface area (Å²) in [5, 5.41) is 1.44. The molecule has 3 nitrogen and oxygen atoms in total. The molecule has 1 aliphatic heterocycles. The van der Waals surface area contributed by atoms with Gasteiger partial charge in [-0.15, -0.1) is 0 Å². The molecule has 2 aromatic carbocycles. The second-order valence-corrected chi connectivity index (χ2v) is 7.60. The van der Waals surface area contributed by atoms with Crippen molar-refractivity contribution in [3.05, 3.63) is 75.7 Å². The smallest absolute Gasteiger partial charge is 0.0951 e. The quantitative estimate of drug-likeness (QED) is 0.633. The molecule has 0 N–H and O–H groups in total. The average Bonchev–Trinajstić information content (AvgIpc) is 3.02. The zero-order valence-corrected chi connectivity index (χ0v) is 15.7. The highest BCUT2D eigenvalue weighted by atomic mass is 35.5. The topological polar surface area (TPSA) is 21.1 Å². The number of hydrogen-bond acceptors (Lipinski definition) is 2. The molecule has 4 rings (SSSR count). The highest BCUT2D eigenvalue weighted by Gasteiger charge is 2.27. The van der Waals surface area contributed by atoms with Crippen LogP contribution in [-0.4, -0.2) is 28.0 Å². The molecule has 0 spiro atoms. The number of benzene rings is 2. The Balaban J connectivity index is 1.81. The van der Waals surface area contributed by atoms with Crippen molar-refractivity contribution in [3.63, 3.8) is 0 Å². The van der Waals surface area contributed by atoms with Crippen LogP contribution in [0.1, 0.15) is 22.6 Å². The van der Waals surface area contributed by atoms with E-state index >= 15 is 0 Å². The van der Waals surface area contributed by atoms with Crippen molar-refractivity contribution in [2.24, 2.45) is 7.05 Å². The molecule has 0 radical (unpaired) electrons. The first-order valence-corrected chi connectivity index (χ1v) is 9.01. The molecular formula is C20H19Cl2N3. The molecule has 1 aliphatic rings. The van der Waals surface area contributed by atoms with Crippen LogP contribution in [-0.2, 0) is 13.6 Å². The van der Waals surface area contributed by atoms with E-state index in [0.717, 1.165) is 29.4 Å². The first-order valence-electron chi connectivity index (χ1n) is 8.26. The first-order chi connectivity index (χ1) is 12.0. The van der Waals surface area contributed by atoms with Crippen molar-refractivity contribution in [2.75, 3.05) is 13.6 Å². The molecule has 3 aromatic rings. The van der Waals surface area contributed by atoms with Gasteiger partial charge in [-0.1, -0.05) is 41.4 Å². The minimum absolute atomic E-state index is 0.244. The predicted molar refractivity (Wildman–Crippen MR) is 103 cm³/mol. The van der Waals surface area contributed by atoms with Crippen LogP contribution in [0.3, 0.4) is 0 Å². The van der Waals surface area contributed by atoms with Crippen LogP contribution in [0.4, 0.5) is 0 Å². The Kier molecular flexibility index (Phi) is 4.32. The lowest BCUT2D eigenvalue weighted by atomic mass is 9.84. The Labute approximate surface area is 157 Å². The van der Waals surface area contributed by atoms with E-state index in [0.29, 0.717) is 5.02 Å². The van der Waals surface area contributed by atoms with Crippen LogP contribution in [0, 0.1) is 0 Å². The summed E-state index contributed by atoms with van der Waals surface area (Å²) in [6, 6.07) is 12.5. The fraction of sp³-hybridized carbons (Fsp3) is 0.250. The van der Waals surface area contributed by atoms with E-state index in [2.05, 4.69) is 47.3 Å². The fourth-order valence-corrected chi connectivity index (χ4v) is 4.18. The van der Waals surface area contributed by atoms with Gasteiger partial charge in [0, 0.05) is 47.9 Å². The van der Waals surface area contributed by atoms with Crippen molar-refractivity contribution in [2.45, 2.75) is 12.5 Å². The molecule has 0 saturated heterocycles. The maximum Gasteiger partial charge on any atom is 0.0951 e. The number of imidazole rings is 1. The van der Waals surface area contributed by atoms with Crippen LogP contribution in [0.2, 0.25) is 10.0 Å². The number of likely N-dealkylation sites (N-methyl/N-ethyl adjacent to an activating group) is 1. The Morgan fingerprint density at radius 2 is 1.96 bits per heavy atom. The molecule has 0 fully saturated rings. The summed E-state index contributed by atoms with van der Waals surface area (Å²) in [5.41, 5.74) is 5.77. The number of rotatable bonds is 2. The zero-order valence-electron chi connectivity index (χ0n) is 14.2. The number of aryl methyl sites for hydroxylation is 1. The van der Waals surface area contributed by atoms with Gasteiger partial charge in [-0.2, -0.15) is 0 Å². The highest BCUT2D eigenvalue weighted by Crippen LogP contribution is 2.39. The molecule has 2 heterocycles. The zero-order chi connectivity index (χ0) is 17.6. The fourth-order valence-electron chi connectivity index (χ4n) is 3.61. The Morgan fingerprint density at radius 1 is 1.12 bits per heavy atom. The maximum absolute atomic E-state index is 6.47. The summed E-state index contributed by atoms with van der Waals surface area (Å²) < 4.78 is 1.96. The van der Waals surface area contributed by atoms with Gasteiger partial charge in [0.15, 0.2) is 0 Å². The van der Waals surface area contributed by atoms with Gasteiger partial charge in [-0.05, 0) is 41.9 Å². The van der Waals surface area contributed by atoms with Gasteiger partial charge in [0.25, 0.3) is 0 Å². The molecule has 0 amide bonds. The standard InChI is InChI=1S/C20H19Cl2N3/c1-24-9-17(16-7-15(21)8-19(22)18(16)10-24)13-4-3-5-14(6-13)20-11-25(2)12-23-20/h3-8,11-12,17H,9-10H2,1-2H3/t17-/m0/s1. The summed E-state index contributed by atoms with van der Waals surface area (Å²) >= 11 is 12.8. The van der Waals surface area contributed by atoms with E-state index in [4.69, 9.17) is 23.2 Å². The number of aromatic nitrogens is 2. The van der Waals surface area contributed by atoms with E-state index < -0.39 is 0 Å². The monoisotopic (exact) mass is 371 g/mol. The van der Waals surface area contributed by atoms with Crippen molar-refractivity contribution in [3.8, 4) is 11.3 Å². The summed E-state index contributed by atoms with van der Waals surface area (Å²) in [5.74, 6) is 0.244. The first kappa shape index (κ1) is 16.6. The molecule has 0 bridgehead atoms. The molecule has 1 aromatic heterocycles. The lowest BCUT2D eigenvalue weighted by Gasteiger charge is -2.33. The van der Waals surface area contributed by atoms with Crippen LogP contribution < -0.4 is 0 Å². The van der Waals surface area contributed by atoms with Gasteiger partial charge >= 0.3 is 0 Å². The maximum atomic E-state index is 6.47. The minimum atomic E-state index is 0.244. The van der Waals surface area contributed by atoms with Gasteiger partial charge in [0.1, 0.15) is 0 Å². The summed E-state index contributed by atoms with van der Waals surface area (Å²) in [4.78, 5) is 6.78. The van der Waals surface area contributed by atoms with Gasteiger partial charge in [-0.3, -0.25) is 0 Å². The van der Waals surface area contributed by atoms with E-state index in [9.17, 15) is 0 Å². The normalized spacial score (nSPS) is 17.5. The Hall–Kier alpha value is -1.81. The Bertz CT molecular complexity index is 932.